The predicted octanol–water partition coefficient (Wildman–Crippen LogP) is 3.11. The minimum absolute atomic E-state index is 0.189. The minimum atomic E-state index is 0.189. The van der Waals surface area contributed by atoms with Crippen molar-refractivity contribution in [1.29, 1.82) is 0 Å². The van der Waals surface area contributed by atoms with Crippen LogP contribution in [0.15, 0.2) is 11.4 Å². The van der Waals surface area contributed by atoms with Crippen molar-refractivity contribution < 1.29 is 0 Å². The Balaban J connectivity index is 2.18. The second-order valence-corrected chi connectivity index (χ2v) is 6.22. The Bertz CT molecular complexity index is 575. The van der Waals surface area contributed by atoms with Crippen LogP contribution in [-0.4, -0.2) is 29.1 Å². The molecule has 1 aliphatic heterocycles. The van der Waals surface area contributed by atoms with Gasteiger partial charge in [0.2, 0.25) is 5.95 Å². The van der Waals surface area contributed by atoms with Gasteiger partial charge in [0.25, 0.3) is 0 Å². The summed E-state index contributed by atoms with van der Waals surface area (Å²) in [7, 11) is 1.87. The third kappa shape index (κ3) is 1.73. The maximum absolute atomic E-state index is 4.68. The lowest BCUT2D eigenvalue weighted by Crippen LogP contribution is -2.38. The molecule has 0 aromatic carbocycles. The van der Waals surface area contributed by atoms with Crippen molar-refractivity contribution in [1.82, 2.24) is 9.97 Å². The molecule has 0 spiro atoms. The van der Waals surface area contributed by atoms with Gasteiger partial charge in [-0.1, -0.05) is 0 Å². The van der Waals surface area contributed by atoms with Crippen molar-refractivity contribution >= 4 is 33.3 Å². The first kappa shape index (κ1) is 11.7. The Labute approximate surface area is 111 Å². The molecule has 18 heavy (non-hydrogen) atoms. The molecule has 0 bridgehead atoms. The average molecular weight is 262 g/mol. The molecule has 2 aromatic heterocycles. The van der Waals surface area contributed by atoms with E-state index in [-0.39, 0.29) is 5.54 Å². The third-order valence-electron chi connectivity index (χ3n) is 3.69. The van der Waals surface area contributed by atoms with Crippen LogP contribution in [-0.2, 0) is 0 Å². The summed E-state index contributed by atoms with van der Waals surface area (Å²) < 4.78 is 0. The molecule has 2 aromatic rings. The second-order valence-electron chi connectivity index (χ2n) is 5.33. The number of fused-ring (bicyclic) bond motifs is 1. The Morgan fingerprint density at radius 3 is 2.89 bits per heavy atom. The molecule has 3 rings (SSSR count). The number of thiophene rings is 1. The van der Waals surface area contributed by atoms with Gasteiger partial charge in [-0.3, -0.25) is 0 Å². The minimum Gasteiger partial charge on any atom is -0.357 e. The van der Waals surface area contributed by atoms with Gasteiger partial charge in [-0.25, -0.2) is 4.98 Å². The summed E-state index contributed by atoms with van der Waals surface area (Å²) in [5.41, 5.74) is 0.189. The van der Waals surface area contributed by atoms with Crippen LogP contribution in [0.2, 0.25) is 0 Å². The molecular formula is C13H18N4S. The van der Waals surface area contributed by atoms with E-state index in [9.17, 15) is 0 Å². The predicted molar refractivity (Wildman–Crippen MR) is 77.6 cm³/mol. The van der Waals surface area contributed by atoms with Gasteiger partial charge in [0.1, 0.15) is 10.6 Å². The fraction of sp³-hybridized carbons (Fsp3) is 0.538. The van der Waals surface area contributed by atoms with Crippen molar-refractivity contribution in [2.24, 2.45) is 0 Å². The smallest absolute Gasteiger partial charge is 0.225 e. The summed E-state index contributed by atoms with van der Waals surface area (Å²) in [5, 5.41) is 6.32. The highest BCUT2D eigenvalue weighted by atomic mass is 32.1. The molecule has 5 heteroatoms. The Hall–Kier alpha value is -1.36. The summed E-state index contributed by atoms with van der Waals surface area (Å²) in [4.78, 5) is 12.7. The van der Waals surface area contributed by atoms with Crippen LogP contribution in [0.3, 0.4) is 0 Å². The molecule has 0 radical (unpaired) electrons. The van der Waals surface area contributed by atoms with Gasteiger partial charge in [-0.2, -0.15) is 4.98 Å². The van der Waals surface area contributed by atoms with E-state index in [4.69, 9.17) is 0 Å². The highest BCUT2D eigenvalue weighted by molar-refractivity contribution is 7.16. The lowest BCUT2D eigenvalue weighted by Gasteiger charge is -2.33. The molecule has 4 nitrogen and oxygen atoms in total. The first-order chi connectivity index (χ1) is 8.62. The molecule has 0 aliphatic carbocycles. The van der Waals surface area contributed by atoms with E-state index in [1.165, 1.54) is 18.2 Å². The molecule has 0 atom stereocenters. The first-order valence-electron chi connectivity index (χ1n) is 6.32. The molecule has 1 saturated heterocycles. The van der Waals surface area contributed by atoms with E-state index < -0.39 is 0 Å². The van der Waals surface area contributed by atoms with E-state index in [0.717, 1.165) is 17.2 Å². The maximum Gasteiger partial charge on any atom is 0.225 e. The van der Waals surface area contributed by atoms with Gasteiger partial charge in [-0.15, -0.1) is 11.3 Å². The number of aromatic nitrogens is 2. The third-order valence-corrected chi connectivity index (χ3v) is 4.49. The molecule has 1 fully saturated rings. The molecule has 96 valence electrons. The average Bonchev–Trinajstić information content (AvgIpc) is 2.93. The van der Waals surface area contributed by atoms with E-state index in [1.807, 2.05) is 7.05 Å². The van der Waals surface area contributed by atoms with Crippen molar-refractivity contribution in [3.05, 3.63) is 11.4 Å². The summed E-state index contributed by atoms with van der Waals surface area (Å²) >= 11 is 1.67. The van der Waals surface area contributed by atoms with Gasteiger partial charge in [-0.05, 0) is 38.1 Å². The summed E-state index contributed by atoms with van der Waals surface area (Å²) in [6, 6.07) is 2.13. The van der Waals surface area contributed by atoms with E-state index >= 15 is 0 Å². The molecule has 0 saturated carbocycles. The zero-order valence-electron chi connectivity index (χ0n) is 11.0. The summed E-state index contributed by atoms with van der Waals surface area (Å²) in [6.07, 6.45) is 2.45. The highest BCUT2D eigenvalue weighted by Gasteiger charge is 2.34. The monoisotopic (exact) mass is 262 g/mol. The van der Waals surface area contributed by atoms with Crippen molar-refractivity contribution in [3.63, 3.8) is 0 Å². The SMILES string of the molecule is CNc1nc(N2CCCC2(C)C)c2ccsc2n1. The van der Waals surface area contributed by atoms with Crippen LogP contribution in [0.5, 0.6) is 0 Å². The quantitative estimate of drug-likeness (QED) is 0.903. The molecule has 1 N–H and O–H groups in total. The van der Waals surface area contributed by atoms with Gasteiger partial charge < -0.3 is 10.2 Å². The number of nitrogens with zero attached hydrogens (tertiary/aromatic N) is 3. The Kier molecular flexibility index (Phi) is 2.66. The Morgan fingerprint density at radius 2 is 2.22 bits per heavy atom. The van der Waals surface area contributed by atoms with E-state index in [0.29, 0.717) is 5.95 Å². The van der Waals surface area contributed by atoms with Gasteiger partial charge in [0.05, 0.1) is 5.39 Å². The number of anilines is 2. The van der Waals surface area contributed by atoms with E-state index in [1.54, 1.807) is 11.3 Å². The first-order valence-corrected chi connectivity index (χ1v) is 7.20. The number of hydrogen-bond acceptors (Lipinski definition) is 5. The van der Waals surface area contributed by atoms with Crippen LogP contribution in [0.4, 0.5) is 11.8 Å². The molecule has 0 amide bonds. The summed E-state index contributed by atoms with van der Waals surface area (Å²) in [6.45, 7) is 5.66. The number of hydrogen-bond donors (Lipinski definition) is 1. The van der Waals surface area contributed by atoms with Gasteiger partial charge in [0, 0.05) is 19.1 Å². The molecular weight excluding hydrogens is 244 g/mol. The standard InChI is InChI=1S/C13H18N4S/c1-13(2)6-4-7-17(13)10-9-5-8-18-11(9)16-12(14-3)15-10/h5,8H,4,6-7H2,1-3H3,(H,14,15,16). The van der Waals surface area contributed by atoms with E-state index in [2.05, 4.69) is 45.5 Å². The maximum atomic E-state index is 4.68. The normalized spacial score (nSPS) is 18.5. The lowest BCUT2D eigenvalue weighted by molar-refractivity contribution is 0.515. The topological polar surface area (TPSA) is 41.1 Å². The van der Waals surface area contributed by atoms with Crippen LogP contribution in [0.25, 0.3) is 10.2 Å². The fourth-order valence-electron chi connectivity index (χ4n) is 2.66. The van der Waals surface area contributed by atoms with Gasteiger partial charge in [0.15, 0.2) is 0 Å². The Morgan fingerprint density at radius 1 is 1.39 bits per heavy atom. The van der Waals surface area contributed by atoms with Crippen LogP contribution < -0.4 is 10.2 Å². The molecule has 3 heterocycles. The van der Waals surface area contributed by atoms with Crippen LogP contribution in [0, 0.1) is 0 Å². The van der Waals surface area contributed by atoms with Crippen LogP contribution in [0.1, 0.15) is 26.7 Å². The van der Waals surface area contributed by atoms with Crippen molar-refractivity contribution in [2.45, 2.75) is 32.2 Å². The van der Waals surface area contributed by atoms with Crippen molar-refractivity contribution in [2.75, 3.05) is 23.8 Å². The van der Waals surface area contributed by atoms with Crippen LogP contribution >= 0.6 is 11.3 Å². The zero-order chi connectivity index (χ0) is 12.8. The largest absolute Gasteiger partial charge is 0.357 e. The number of nitrogens with one attached hydrogen (secondary N) is 1. The highest BCUT2D eigenvalue weighted by Crippen LogP contribution is 2.37. The molecule has 1 aliphatic rings. The van der Waals surface area contributed by atoms with Gasteiger partial charge >= 0.3 is 0 Å². The second kappa shape index (κ2) is 4.09. The zero-order valence-corrected chi connectivity index (χ0v) is 11.8. The van der Waals surface area contributed by atoms with Crippen molar-refractivity contribution in [3.8, 4) is 0 Å². The number of rotatable bonds is 2. The summed E-state index contributed by atoms with van der Waals surface area (Å²) in [5.74, 6) is 1.79. The fourth-order valence-corrected chi connectivity index (χ4v) is 3.42. The molecule has 0 unspecified atom stereocenters. The lowest BCUT2D eigenvalue weighted by atomic mass is 10.0.